The first-order chi connectivity index (χ1) is 15.3. The lowest BCUT2D eigenvalue weighted by Gasteiger charge is -2.14. The summed E-state index contributed by atoms with van der Waals surface area (Å²) in [5, 5.41) is 7.89. The quantitative estimate of drug-likeness (QED) is 0.416. The summed E-state index contributed by atoms with van der Waals surface area (Å²) < 4.78 is 7.29. The summed E-state index contributed by atoms with van der Waals surface area (Å²) in [6.07, 6.45) is 3.22. The van der Waals surface area contributed by atoms with E-state index in [0.717, 1.165) is 11.8 Å². The summed E-state index contributed by atoms with van der Waals surface area (Å²) in [5.74, 6) is 0.240. The number of furan rings is 1. The van der Waals surface area contributed by atoms with Crippen molar-refractivity contribution in [2.45, 2.75) is 24.8 Å². The fourth-order valence-corrected chi connectivity index (χ4v) is 3.91. The van der Waals surface area contributed by atoms with Crippen molar-refractivity contribution in [3.8, 4) is 11.5 Å². The van der Waals surface area contributed by atoms with Crippen molar-refractivity contribution in [2.24, 2.45) is 0 Å². The number of aromatic nitrogens is 3. The van der Waals surface area contributed by atoms with E-state index in [1.807, 2.05) is 26.0 Å². The average molecular weight is 450 g/mol. The molecule has 9 heteroatoms. The average Bonchev–Trinajstić information content (AvgIpc) is 3.44. The molecule has 0 fully saturated rings. The lowest BCUT2D eigenvalue weighted by molar-refractivity contribution is 0.102. The molecular weight excluding hydrogens is 426 g/mol. The largest absolute Gasteiger partial charge is 0.463 e. The number of carbonyl (C=O) groups is 2. The Morgan fingerprint density at radius 2 is 1.94 bits per heavy atom. The first-order valence-electron chi connectivity index (χ1n) is 10.1. The Labute approximate surface area is 189 Å². The number of rotatable bonds is 5. The summed E-state index contributed by atoms with van der Waals surface area (Å²) in [6, 6.07) is 12.5. The first-order valence-corrected chi connectivity index (χ1v) is 10.9. The highest BCUT2D eigenvalue weighted by Crippen LogP contribution is 2.31. The van der Waals surface area contributed by atoms with Crippen LogP contribution in [0.1, 0.15) is 30.2 Å². The second-order valence-electron chi connectivity index (χ2n) is 7.67. The van der Waals surface area contributed by atoms with E-state index in [0.29, 0.717) is 38.6 Å². The SMILES string of the molecule is CC(C)n1ncc2c(C(=O)Nc3ccccc3SC(=O)N(C)C)cc(-c3ccco3)nc21. The molecule has 2 amide bonds. The van der Waals surface area contributed by atoms with Gasteiger partial charge in [-0.05, 0) is 55.9 Å². The summed E-state index contributed by atoms with van der Waals surface area (Å²) in [4.78, 5) is 32.4. The van der Waals surface area contributed by atoms with Crippen molar-refractivity contribution in [2.75, 3.05) is 19.4 Å². The monoisotopic (exact) mass is 449 g/mol. The van der Waals surface area contributed by atoms with E-state index >= 15 is 0 Å². The maximum Gasteiger partial charge on any atom is 0.286 e. The number of benzene rings is 1. The van der Waals surface area contributed by atoms with Crippen LogP contribution < -0.4 is 5.32 Å². The molecule has 0 saturated carbocycles. The Kier molecular flexibility index (Phi) is 6.00. The molecule has 0 atom stereocenters. The zero-order valence-corrected chi connectivity index (χ0v) is 19.0. The van der Waals surface area contributed by atoms with Crippen molar-refractivity contribution >= 4 is 39.6 Å². The third-order valence-electron chi connectivity index (χ3n) is 4.77. The molecule has 0 saturated heterocycles. The standard InChI is InChI=1S/C23H23N5O3S/c1-14(2)28-21-16(13-24-28)15(12-18(25-21)19-9-7-11-31-19)22(29)26-17-8-5-6-10-20(17)32-23(30)27(3)4/h5-14H,1-4H3,(H,26,29). The molecule has 0 aliphatic rings. The number of thioether (sulfide) groups is 1. The van der Waals surface area contributed by atoms with Gasteiger partial charge in [-0.3, -0.25) is 9.59 Å². The third kappa shape index (κ3) is 4.24. The van der Waals surface area contributed by atoms with Gasteiger partial charge in [0.2, 0.25) is 0 Å². The Bertz CT molecular complexity index is 1280. The van der Waals surface area contributed by atoms with E-state index in [4.69, 9.17) is 9.40 Å². The van der Waals surface area contributed by atoms with E-state index in [1.54, 1.807) is 61.6 Å². The lowest BCUT2D eigenvalue weighted by atomic mass is 10.1. The Morgan fingerprint density at radius 1 is 1.16 bits per heavy atom. The number of fused-ring (bicyclic) bond motifs is 1. The maximum atomic E-state index is 13.4. The number of carbonyl (C=O) groups excluding carboxylic acids is 2. The molecule has 4 rings (SSSR count). The number of hydrogen-bond acceptors (Lipinski definition) is 6. The van der Waals surface area contributed by atoms with Crippen molar-refractivity contribution in [3.63, 3.8) is 0 Å². The number of nitrogens with one attached hydrogen (secondary N) is 1. The molecule has 1 aromatic carbocycles. The number of nitrogens with zero attached hydrogens (tertiary/aromatic N) is 4. The van der Waals surface area contributed by atoms with Crippen molar-refractivity contribution < 1.29 is 14.0 Å². The fourth-order valence-electron chi connectivity index (χ4n) is 3.17. The molecule has 4 aromatic rings. The molecule has 0 aliphatic carbocycles. The van der Waals surface area contributed by atoms with Crippen molar-refractivity contribution in [3.05, 3.63) is 60.5 Å². The number of para-hydroxylation sites is 1. The van der Waals surface area contributed by atoms with Crippen LogP contribution in [-0.2, 0) is 0 Å². The Morgan fingerprint density at radius 3 is 2.62 bits per heavy atom. The van der Waals surface area contributed by atoms with Crippen LogP contribution in [0.25, 0.3) is 22.5 Å². The third-order valence-corrected chi connectivity index (χ3v) is 5.89. The van der Waals surface area contributed by atoms with E-state index < -0.39 is 0 Å². The van der Waals surface area contributed by atoms with Gasteiger partial charge in [0, 0.05) is 25.0 Å². The predicted molar refractivity (Wildman–Crippen MR) is 125 cm³/mol. The normalized spacial score (nSPS) is 11.2. The molecule has 164 valence electrons. The van der Waals surface area contributed by atoms with Gasteiger partial charge in [-0.1, -0.05) is 12.1 Å². The maximum absolute atomic E-state index is 13.4. The summed E-state index contributed by atoms with van der Waals surface area (Å²) in [7, 11) is 3.37. The zero-order valence-electron chi connectivity index (χ0n) is 18.2. The topological polar surface area (TPSA) is 93.3 Å². The second kappa shape index (κ2) is 8.88. The van der Waals surface area contributed by atoms with Crippen LogP contribution in [0.3, 0.4) is 0 Å². The molecule has 0 unspecified atom stereocenters. The summed E-state index contributed by atoms with van der Waals surface area (Å²) >= 11 is 1.06. The predicted octanol–water partition coefficient (Wildman–Crippen LogP) is 5.30. The minimum atomic E-state index is -0.320. The lowest BCUT2D eigenvalue weighted by Crippen LogP contribution is -2.17. The summed E-state index contributed by atoms with van der Waals surface area (Å²) in [6.45, 7) is 4.01. The number of anilines is 1. The van der Waals surface area contributed by atoms with Gasteiger partial charge in [0.05, 0.1) is 29.1 Å². The number of hydrogen-bond donors (Lipinski definition) is 1. The number of pyridine rings is 1. The van der Waals surface area contributed by atoms with Crippen LogP contribution >= 0.6 is 11.8 Å². The van der Waals surface area contributed by atoms with Gasteiger partial charge in [0.15, 0.2) is 11.4 Å². The van der Waals surface area contributed by atoms with Crippen LogP contribution in [0, 0.1) is 0 Å². The van der Waals surface area contributed by atoms with Crippen molar-refractivity contribution in [1.82, 2.24) is 19.7 Å². The Hall–Kier alpha value is -3.59. The number of amides is 2. The van der Waals surface area contributed by atoms with Crippen LogP contribution in [0.5, 0.6) is 0 Å². The molecule has 8 nitrogen and oxygen atoms in total. The molecule has 0 spiro atoms. The van der Waals surface area contributed by atoms with Gasteiger partial charge in [-0.2, -0.15) is 5.10 Å². The van der Waals surface area contributed by atoms with Gasteiger partial charge in [-0.25, -0.2) is 9.67 Å². The van der Waals surface area contributed by atoms with E-state index in [1.165, 1.54) is 4.90 Å². The van der Waals surface area contributed by atoms with E-state index in [-0.39, 0.29) is 17.2 Å². The molecular formula is C23H23N5O3S. The smallest absolute Gasteiger partial charge is 0.286 e. The highest BCUT2D eigenvalue weighted by atomic mass is 32.2. The molecule has 1 N–H and O–H groups in total. The van der Waals surface area contributed by atoms with Gasteiger partial charge < -0.3 is 14.6 Å². The van der Waals surface area contributed by atoms with E-state index in [9.17, 15) is 9.59 Å². The minimum absolute atomic E-state index is 0.0666. The highest BCUT2D eigenvalue weighted by molar-refractivity contribution is 8.13. The minimum Gasteiger partial charge on any atom is -0.463 e. The van der Waals surface area contributed by atoms with Gasteiger partial charge in [0.25, 0.3) is 11.1 Å². The molecule has 3 heterocycles. The van der Waals surface area contributed by atoms with Gasteiger partial charge in [0.1, 0.15) is 5.69 Å². The van der Waals surface area contributed by atoms with Crippen LogP contribution in [0.4, 0.5) is 10.5 Å². The highest BCUT2D eigenvalue weighted by Gasteiger charge is 2.20. The summed E-state index contributed by atoms with van der Waals surface area (Å²) in [5.41, 5.74) is 2.12. The van der Waals surface area contributed by atoms with E-state index in [2.05, 4.69) is 10.4 Å². The molecule has 32 heavy (non-hydrogen) atoms. The molecule has 0 bridgehead atoms. The second-order valence-corrected chi connectivity index (χ2v) is 8.66. The van der Waals surface area contributed by atoms with Crippen LogP contribution in [0.2, 0.25) is 0 Å². The molecule has 0 aliphatic heterocycles. The van der Waals surface area contributed by atoms with Gasteiger partial charge >= 0.3 is 0 Å². The van der Waals surface area contributed by atoms with Crippen molar-refractivity contribution in [1.29, 1.82) is 0 Å². The van der Waals surface area contributed by atoms with Gasteiger partial charge in [-0.15, -0.1) is 0 Å². The Balaban J connectivity index is 1.76. The van der Waals surface area contributed by atoms with Crippen LogP contribution in [0.15, 0.2) is 64.2 Å². The first kappa shape index (κ1) is 21.6. The van der Waals surface area contributed by atoms with Crippen LogP contribution in [-0.4, -0.2) is 44.9 Å². The fraction of sp³-hybridized carbons (Fsp3) is 0.217. The molecule has 3 aromatic heterocycles. The molecule has 0 radical (unpaired) electrons. The zero-order chi connectivity index (χ0) is 22.8.